The van der Waals surface area contributed by atoms with E-state index in [-0.39, 0.29) is 0 Å². The summed E-state index contributed by atoms with van der Waals surface area (Å²) in [6, 6.07) is 7.80. The number of thiol groups is 1. The second-order valence-electron chi connectivity index (χ2n) is 2.73. The van der Waals surface area contributed by atoms with Crippen LogP contribution >= 0.6 is 47.3 Å². The predicted octanol–water partition coefficient (Wildman–Crippen LogP) is 3.77. The van der Waals surface area contributed by atoms with Gasteiger partial charge in [0.05, 0.1) is 0 Å². The highest BCUT2D eigenvalue weighted by atomic mass is 35.5. The number of hydrogen-bond acceptors (Lipinski definition) is 5. The summed E-state index contributed by atoms with van der Waals surface area (Å²) in [7, 11) is 0. The maximum absolute atomic E-state index is 6.03. The zero-order valence-electron chi connectivity index (χ0n) is 7.55. The third-order valence-electron chi connectivity index (χ3n) is 1.70. The molecule has 2 rings (SSSR count). The first kappa shape index (κ1) is 11.3. The van der Waals surface area contributed by atoms with Crippen LogP contribution in [0.5, 0.6) is 0 Å². The van der Waals surface area contributed by atoms with Crippen molar-refractivity contribution in [1.82, 2.24) is 10.2 Å². The van der Waals surface area contributed by atoms with Crippen LogP contribution in [0.2, 0.25) is 5.02 Å². The number of benzene rings is 1. The maximum Gasteiger partial charge on any atom is 0.175 e. The summed E-state index contributed by atoms with van der Waals surface area (Å²) < 4.78 is 1.61. The van der Waals surface area contributed by atoms with Crippen LogP contribution in [0.25, 0.3) is 0 Å². The largest absolute Gasteiger partial charge is 0.175 e. The fourth-order valence-corrected chi connectivity index (χ4v) is 3.39. The van der Waals surface area contributed by atoms with Gasteiger partial charge < -0.3 is 0 Å². The number of aromatic nitrogens is 2. The molecule has 0 amide bonds. The molecular formula is C9H7ClN2S3. The molecular weight excluding hydrogens is 268 g/mol. The summed E-state index contributed by atoms with van der Waals surface area (Å²) in [6.07, 6.45) is 0. The first-order valence-corrected chi connectivity index (χ1v) is 6.77. The van der Waals surface area contributed by atoms with Gasteiger partial charge >= 0.3 is 0 Å². The Morgan fingerprint density at radius 2 is 2.13 bits per heavy atom. The molecule has 0 aliphatic rings. The summed E-state index contributed by atoms with van der Waals surface area (Å²) in [5, 5.41) is 8.59. The Labute approximate surface area is 106 Å². The van der Waals surface area contributed by atoms with Crippen molar-refractivity contribution in [3.05, 3.63) is 34.9 Å². The Kier molecular flexibility index (Phi) is 3.91. The highest BCUT2D eigenvalue weighted by Gasteiger charge is 2.04. The topological polar surface area (TPSA) is 25.8 Å². The molecule has 0 fully saturated rings. The lowest BCUT2D eigenvalue weighted by atomic mass is 10.2. The average Bonchev–Trinajstić information content (AvgIpc) is 2.63. The molecule has 78 valence electrons. The highest BCUT2D eigenvalue weighted by molar-refractivity contribution is 8.00. The van der Waals surface area contributed by atoms with E-state index in [9.17, 15) is 0 Å². The van der Waals surface area contributed by atoms with Crippen molar-refractivity contribution in [2.75, 3.05) is 0 Å². The van der Waals surface area contributed by atoms with Crippen LogP contribution in [-0.4, -0.2) is 10.2 Å². The molecule has 0 N–H and O–H groups in total. The van der Waals surface area contributed by atoms with Crippen LogP contribution in [0, 0.1) is 0 Å². The number of rotatable bonds is 3. The van der Waals surface area contributed by atoms with Crippen molar-refractivity contribution in [2.45, 2.75) is 14.4 Å². The van der Waals surface area contributed by atoms with Crippen molar-refractivity contribution >= 4 is 47.3 Å². The van der Waals surface area contributed by atoms with Crippen LogP contribution in [-0.2, 0) is 5.75 Å². The molecule has 0 unspecified atom stereocenters. The fraction of sp³-hybridized carbons (Fsp3) is 0.111. The Hall–Kier alpha value is -0.230. The van der Waals surface area contributed by atoms with E-state index in [1.54, 1.807) is 11.8 Å². The molecule has 0 aliphatic heterocycles. The summed E-state index contributed by atoms with van der Waals surface area (Å²) in [6.45, 7) is 0. The maximum atomic E-state index is 6.03. The van der Waals surface area contributed by atoms with Gasteiger partial charge in [-0.3, -0.25) is 0 Å². The smallest absolute Gasteiger partial charge is 0.131 e. The predicted molar refractivity (Wildman–Crippen MR) is 68.2 cm³/mol. The number of nitrogens with zero attached hydrogens (tertiary/aromatic N) is 2. The standard InChI is InChI=1S/C9H7ClN2S3/c10-7-4-2-1-3-6(7)5-14-9-12-11-8(13)15-9/h1-4H,5H2,(H,11,13). The van der Waals surface area contributed by atoms with Gasteiger partial charge in [-0.2, -0.15) is 0 Å². The Balaban J connectivity index is 2.02. The quantitative estimate of drug-likeness (QED) is 0.681. The third-order valence-corrected chi connectivity index (χ3v) is 4.34. The van der Waals surface area contributed by atoms with Crippen LogP contribution < -0.4 is 0 Å². The van der Waals surface area contributed by atoms with E-state index in [1.165, 1.54) is 11.3 Å². The molecule has 0 bridgehead atoms. The minimum atomic E-state index is 0.691. The lowest BCUT2D eigenvalue weighted by molar-refractivity contribution is 0.957. The van der Waals surface area contributed by atoms with E-state index in [0.29, 0.717) is 4.34 Å². The molecule has 0 radical (unpaired) electrons. The molecule has 2 nitrogen and oxygen atoms in total. The van der Waals surface area contributed by atoms with E-state index >= 15 is 0 Å². The van der Waals surface area contributed by atoms with Gasteiger partial charge in [0.25, 0.3) is 0 Å². The number of hydrogen-bond donors (Lipinski definition) is 1. The second kappa shape index (κ2) is 5.21. The van der Waals surface area contributed by atoms with Gasteiger partial charge in [0.1, 0.15) is 0 Å². The minimum absolute atomic E-state index is 0.691. The number of halogens is 1. The van der Waals surface area contributed by atoms with Gasteiger partial charge in [0.2, 0.25) is 0 Å². The normalized spacial score (nSPS) is 10.5. The monoisotopic (exact) mass is 274 g/mol. The van der Waals surface area contributed by atoms with Gasteiger partial charge in [0.15, 0.2) is 8.68 Å². The van der Waals surface area contributed by atoms with Gasteiger partial charge in [-0.15, -0.1) is 22.8 Å². The Morgan fingerprint density at radius 1 is 1.33 bits per heavy atom. The molecule has 1 aromatic heterocycles. The van der Waals surface area contributed by atoms with E-state index in [2.05, 4.69) is 22.8 Å². The molecule has 0 saturated carbocycles. The molecule has 0 spiro atoms. The zero-order valence-corrected chi connectivity index (χ0v) is 10.8. The van der Waals surface area contributed by atoms with E-state index < -0.39 is 0 Å². The Morgan fingerprint density at radius 3 is 2.80 bits per heavy atom. The summed E-state index contributed by atoms with van der Waals surface area (Å²) in [4.78, 5) is 0. The molecule has 15 heavy (non-hydrogen) atoms. The molecule has 2 aromatic rings. The highest BCUT2D eigenvalue weighted by Crippen LogP contribution is 2.29. The van der Waals surface area contributed by atoms with Crippen molar-refractivity contribution in [3.8, 4) is 0 Å². The Bertz CT molecular complexity index is 458. The summed E-state index contributed by atoms with van der Waals surface area (Å²) >= 11 is 13.2. The van der Waals surface area contributed by atoms with Crippen LogP contribution in [0.1, 0.15) is 5.56 Å². The van der Waals surface area contributed by atoms with E-state index in [0.717, 1.165) is 20.7 Å². The van der Waals surface area contributed by atoms with Gasteiger partial charge in [-0.1, -0.05) is 52.9 Å². The van der Waals surface area contributed by atoms with Crippen molar-refractivity contribution < 1.29 is 0 Å². The molecule has 6 heteroatoms. The molecule has 0 atom stereocenters. The van der Waals surface area contributed by atoms with Crippen LogP contribution in [0.4, 0.5) is 0 Å². The van der Waals surface area contributed by atoms with E-state index in [1.807, 2.05) is 24.3 Å². The molecule has 1 heterocycles. The van der Waals surface area contributed by atoms with Crippen molar-refractivity contribution in [1.29, 1.82) is 0 Å². The van der Waals surface area contributed by atoms with Crippen LogP contribution in [0.3, 0.4) is 0 Å². The van der Waals surface area contributed by atoms with Gasteiger partial charge in [-0.25, -0.2) is 0 Å². The molecule has 1 aromatic carbocycles. The van der Waals surface area contributed by atoms with Gasteiger partial charge in [-0.05, 0) is 11.6 Å². The zero-order chi connectivity index (χ0) is 10.7. The molecule has 0 aliphatic carbocycles. The fourth-order valence-electron chi connectivity index (χ4n) is 1.02. The van der Waals surface area contributed by atoms with Crippen LogP contribution in [0.15, 0.2) is 32.9 Å². The third kappa shape index (κ3) is 3.11. The van der Waals surface area contributed by atoms with Gasteiger partial charge in [0, 0.05) is 10.8 Å². The SMILES string of the molecule is Sc1nnc(SCc2ccccc2Cl)s1. The van der Waals surface area contributed by atoms with Crippen molar-refractivity contribution in [2.24, 2.45) is 0 Å². The first-order chi connectivity index (χ1) is 7.25. The molecule has 0 saturated heterocycles. The van der Waals surface area contributed by atoms with Crippen molar-refractivity contribution in [3.63, 3.8) is 0 Å². The minimum Gasteiger partial charge on any atom is -0.131 e. The summed E-state index contributed by atoms with van der Waals surface area (Å²) in [5.74, 6) is 0.808. The summed E-state index contributed by atoms with van der Waals surface area (Å²) in [5.41, 5.74) is 1.11. The lowest BCUT2D eigenvalue weighted by Crippen LogP contribution is -1.81. The second-order valence-corrected chi connectivity index (χ2v) is 6.06. The van der Waals surface area contributed by atoms with E-state index in [4.69, 9.17) is 11.6 Å². The lowest BCUT2D eigenvalue weighted by Gasteiger charge is -2.00. The first-order valence-electron chi connectivity index (χ1n) is 4.14. The average molecular weight is 275 g/mol. The number of thioether (sulfide) groups is 1.